The van der Waals surface area contributed by atoms with Gasteiger partial charge in [0.25, 0.3) is 5.91 Å². The minimum absolute atomic E-state index is 0.0952. The van der Waals surface area contributed by atoms with Crippen LogP contribution in [0.25, 0.3) is 0 Å². The molecule has 2 aliphatic heterocycles. The fraction of sp³-hybridized carbons (Fsp3) is 0.583. The second-order valence-corrected chi connectivity index (χ2v) is 15.6. The van der Waals surface area contributed by atoms with Gasteiger partial charge in [-0.2, -0.15) is 0 Å². The van der Waals surface area contributed by atoms with E-state index < -0.39 is 16.6 Å². The SMILES string of the molecule is CCCc1cc(Cl)ccc1C1COc2ccc3cc2N(C1)CC1CCC1[C@@](CCOSC)(OC)/C=C/CC(C)C(C)S(=O)NC3=O. The Morgan fingerprint density at radius 2 is 2.00 bits per heavy atom. The smallest absolute Gasteiger partial charge is 0.263 e. The fourth-order valence-electron chi connectivity index (χ4n) is 7.29. The zero-order valence-electron chi connectivity index (χ0n) is 27.8. The second kappa shape index (κ2) is 15.9. The summed E-state index contributed by atoms with van der Waals surface area (Å²) in [7, 11) is 0.279. The van der Waals surface area contributed by atoms with E-state index in [1.807, 2.05) is 38.5 Å². The molecule has 2 aromatic rings. The van der Waals surface area contributed by atoms with Gasteiger partial charge in [-0.15, -0.1) is 0 Å². The van der Waals surface area contributed by atoms with Crippen LogP contribution in [0, 0.1) is 17.8 Å². The predicted molar refractivity (Wildman–Crippen MR) is 190 cm³/mol. The van der Waals surface area contributed by atoms with Crippen molar-refractivity contribution in [3.05, 3.63) is 70.3 Å². The molecule has 1 N–H and O–H groups in total. The average Bonchev–Trinajstić information content (AvgIpc) is 3.21. The molecule has 7 atom stereocenters. The van der Waals surface area contributed by atoms with E-state index in [1.165, 1.54) is 23.2 Å². The van der Waals surface area contributed by atoms with Crippen LogP contribution in [0.3, 0.4) is 0 Å². The van der Waals surface area contributed by atoms with Crippen molar-refractivity contribution in [1.82, 2.24) is 4.72 Å². The number of nitrogens with zero attached hydrogens (tertiary/aromatic N) is 1. The van der Waals surface area contributed by atoms with Gasteiger partial charge in [-0.3, -0.25) is 9.52 Å². The van der Waals surface area contributed by atoms with Crippen molar-refractivity contribution < 1.29 is 22.7 Å². The molecule has 0 spiro atoms. The fourth-order valence-corrected chi connectivity index (χ4v) is 8.76. The van der Waals surface area contributed by atoms with Gasteiger partial charge in [0.05, 0.1) is 29.8 Å². The van der Waals surface area contributed by atoms with Crippen molar-refractivity contribution in [3.63, 3.8) is 0 Å². The zero-order valence-corrected chi connectivity index (χ0v) is 30.1. The van der Waals surface area contributed by atoms with E-state index >= 15 is 0 Å². The van der Waals surface area contributed by atoms with Gasteiger partial charge in [-0.25, -0.2) is 4.21 Å². The van der Waals surface area contributed by atoms with Crippen LogP contribution in [0.5, 0.6) is 5.75 Å². The van der Waals surface area contributed by atoms with Crippen LogP contribution in [-0.2, 0) is 26.3 Å². The highest BCUT2D eigenvalue weighted by Crippen LogP contribution is 2.48. The summed E-state index contributed by atoms with van der Waals surface area (Å²) >= 11 is 7.83. The van der Waals surface area contributed by atoms with E-state index in [1.54, 1.807) is 6.07 Å². The number of fused-ring (bicyclic) bond motifs is 2. The van der Waals surface area contributed by atoms with Crippen molar-refractivity contribution in [2.75, 3.05) is 44.6 Å². The summed E-state index contributed by atoms with van der Waals surface area (Å²) in [6.45, 7) is 8.87. The number of nitrogens with one attached hydrogen (secondary N) is 1. The Morgan fingerprint density at radius 1 is 1.17 bits per heavy atom. The Bertz CT molecular complexity index is 1420. The molecule has 1 amide bonds. The van der Waals surface area contributed by atoms with E-state index in [2.05, 4.69) is 47.8 Å². The topological polar surface area (TPSA) is 77.1 Å². The number of hydrogen-bond acceptors (Lipinski definition) is 7. The van der Waals surface area contributed by atoms with Crippen LogP contribution in [0.4, 0.5) is 5.69 Å². The van der Waals surface area contributed by atoms with Crippen LogP contribution < -0.4 is 14.4 Å². The maximum absolute atomic E-state index is 13.4. The summed E-state index contributed by atoms with van der Waals surface area (Å²) in [5.41, 5.74) is 3.43. The lowest BCUT2D eigenvalue weighted by atomic mass is 9.63. The lowest BCUT2D eigenvalue weighted by Gasteiger charge is -2.50. The van der Waals surface area contributed by atoms with Gasteiger partial charge in [0.1, 0.15) is 16.7 Å². The lowest BCUT2D eigenvalue weighted by Crippen LogP contribution is -2.51. The maximum Gasteiger partial charge on any atom is 0.263 e. The van der Waals surface area contributed by atoms with Crippen molar-refractivity contribution in [2.24, 2.45) is 17.8 Å². The third kappa shape index (κ3) is 7.81. The molecule has 0 aromatic heterocycles. The molecule has 2 bridgehead atoms. The highest BCUT2D eigenvalue weighted by Gasteiger charge is 2.47. The molecule has 0 saturated heterocycles. The van der Waals surface area contributed by atoms with Crippen LogP contribution >= 0.6 is 23.6 Å². The molecule has 0 radical (unpaired) electrons. The van der Waals surface area contributed by atoms with E-state index in [0.29, 0.717) is 30.6 Å². The van der Waals surface area contributed by atoms with Gasteiger partial charge in [0.15, 0.2) is 0 Å². The number of ether oxygens (including phenoxy) is 2. The normalized spacial score (nSPS) is 30.7. The molecule has 3 aliphatic rings. The standard InChI is InChI=1S/C36H49ClN2O5S2/c1-6-8-26-19-30(37)12-13-31(26)29-22-39-21-28-10-14-32(28)36(42-4,17-18-44-45-5)16-7-9-24(2)25(3)46(41)38-35(40)27-11-15-34(43-23-29)33(39)20-27/h7,11-13,15-16,19-20,24-25,28-29,32H,6,8-10,14,17-18,21-23H2,1-5H3,(H,38,40)/b16-7+/t24?,25?,28?,29?,32?,36-,46?/m1/s1. The van der Waals surface area contributed by atoms with Gasteiger partial charge >= 0.3 is 0 Å². The predicted octanol–water partition coefficient (Wildman–Crippen LogP) is 7.75. The quantitative estimate of drug-likeness (QED) is 0.173. The number of anilines is 1. The number of carbonyl (C=O) groups excluding carboxylic acids is 1. The first-order valence-electron chi connectivity index (χ1n) is 16.6. The van der Waals surface area contributed by atoms with Crippen LogP contribution in [-0.4, -0.2) is 60.6 Å². The molecule has 1 aliphatic carbocycles. The molecule has 1 fully saturated rings. The molecule has 1 saturated carbocycles. The number of allylic oxidation sites excluding steroid dienone is 1. The molecule has 5 rings (SSSR count). The van der Waals surface area contributed by atoms with Crippen LogP contribution in [0.2, 0.25) is 5.02 Å². The Hall–Kier alpha value is -2.04. The number of methoxy groups -OCH3 is 1. The Morgan fingerprint density at radius 3 is 2.72 bits per heavy atom. The molecule has 46 heavy (non-hydrogen) atoms. The van der Waals surface area contributed by atoms with Crippen LogP contribution in [0.15, 0.2) is 48.6 Å². The molecular formula is C36H49ClN2O5S2. The van der Waals surface area contributed by atoms with Crippen molar-refractivity contribution in [3.8, 4) is 5.75 Å². The average molecular weight is 689 g/mol. The van der Waals surface area contributed by atoms with Crippen molar-refractivity contribution in [1.29, 1.82) is 0 Å². The number of carbonyl (C=O) groups is 1. The number of halogens is 1. The summed E-state index contributed by atoms with van der Waals surface area (Å²) in [6.07, 6.45) is 12.0. The van der Waals surface area contributed by atoms with Gasteiger partial charge in [-0.05, 0) is 104 Å². The molecule has 10 heteroatoms. The monoisotopic (exact) mass is 688 g/mol. The number of aryl methyl sites for hydroxylation is 1. The molecular weight excluding hydrogens is 640 g/mol. The summed E-state index contributed by atoms with van der Waals surface area (Å²) < 4.78 is 34.8. The zero-order chi connectivity index (χ0) is 32.8. The lowest BCUT2D eigenvalue weighted by molar-refractivity contribution is -0.0842. The Balaban J connectivity index is 1.56. The second-order valence-electron chi connectivity index (χ2n) is 13.1. The summed E-state index contributed by atoms with van der Waals surface area (Å²) in [5, 5.41) is 0.520. The van der Waals surface area contributed by atoms with E-state index in [0.717, 1.165) is 68.1 Å². The highest BCUT2D eigenvalue weighted by atomic mass is 35.5. The first-order chi connectivity index (χ1) is 22.2. The number of hydrogen-bond donors (Lipinski definition) is 1. The minimum Gasteiger partial charge on any atom is -0.491 e. The van der Waals surface area contributed by atoms with Gasteiger partial charge in [0, 0.05) is 49.4 Å². The molecule has 252 valence electrons. The molecule has 6 unspecified atom stereocenters. The molecule has 7 nitrogen and oxygen atoms in total. The number of rotatable bonds is 8. The first kappa shape index (κ1) is 35.3. The Kier molecular flexibility index (Phi) is 12.2. The first-order valence-corrected chi connectivity index (χ1v) is 19.3. The maximum atomic E-state index is 13.4. The van der Waals surface area contributed by atoms with Crippen molar-refractivity contribution in [2.45, 2.75) is 76.1 Å². The molecule has 2 heterocycles. The van der Waals surface area contributed by atoms with E-state index in [-0.39, 0.29) is 23.0 Å². The van der Waals surface area contributed by atoms with Crippen LogP contribution in [0.1, 0.15) is 80.3 Å². The van der Waals surface area contributed by atoms with E-state index in [4.69, 9.17) is 25.3 Å². The van der Waals surface area contributed by atoms with E-state index in [9.17, 15) is 9.00 Å². The summed E-state index contributed by atoms with van der Waals surface area (Å²) in [5.74, 6) is 1.32. The highest BCUT2D eigenvalue weighted by molar-refractivity contribution is 7.93. The minimum atomic E-state index is -1.54. The number of benzene rings is 2. The van der Waals surface area contributed by atoms with Crippen molar-refractivity contribution >= 4 is 46.2 Å². The molecule has 2 aromatic carbocycles. The third-order valence-corrected chi connectivity index (χ3v) is 12.5. The third-order valence-electron chi connectivity index (χ3n) is 10.3. The summed E-state index contributed by atoms with van der Waals surface area (Å²) in [6, 6.07) is 11.8. The van der Waals surface area contributed by atoms with Gasteiger partial charge < -0.3 is 18.6 Å². The van der Waals surface area contributed by atoms with Gasteiger partial charge in [-0.1, -0.05) is 50.1 Å². The Labute approximate surface area is 286 Å². The summed E-state index contributed by atoms with van der Waals surface area (Å²) in [4.78, 5) is 15.9. The largest absolute Gasteiger partial charge is 0.491 e. The van der Waals surface area contributed by atoms with Gasteiger partial charge in [0.2, 0.25) is 0 Å². The number of amides is 1.